The van der Waals surface area contributed by atoms with Crippen LogP contribution in [0.3, 0.4) is 0 Å². The lowest BCUT2D eigenvalue weighted by molar-refractivity contribution is -0.139. The van der Waals surface area contributed by atoms with Crippen LogP contribution in [-0.4, -0.2) is 50.0 Å². The molecule has 0 spiro atoms. The van der Waals surface area contributed by atoms with Gasteiger partial charge in [-0.05, 0) is 55.7 Å². The second-order valence-electron chi connectivity index (χ2n) is 8.56. The zero-order chi connectivity index (χ0) is 24.9. The first-order valence-electron chi connectivity index (χ1n) is 11.1. The fourth-order valence-corrected chi connectivity index (χ4v) is 4.85. The molecule has 34 heavy (non-hydrogen) atoms. The third-order valence-electron chi connectivity index (χ3n) is 5.91. The van der Waals surface area contributed by atoms with E-state index in [4.69, 9.17) is 0 Å². The molecule has 2 aromatic carbocycles. The third kappa shape index (κ3) is 6.75. The van der Waals surface area contributed by atoms with Crippen molar-refractivity contribution in [2.45, 2.75) is 51.2 Å². The van der Waals surface area contributed by atoms with E-state index in [0.717, 1.165) is 42.3 Å². The van der Waals surface area contributed by atoms with Gasteiger partial charge in [-0.15, -0.1) is 0 Å². The summed E-state index contributed by atoms with van der Waals surface area (Å²) in [6.45, 7) is 0.919. The highest BCUT2D eigenvalue weighted by Gasteiger charge is 2.31. The second kappa shape index (κ2) is 10.9. The maximum absolute atomic E-state index is 13.8. The zero-order valence-electron chi connectivity index (χ0n) is 19.2. The van der Waals surface area contributed by atoms with Crippen LogP contribution in [0.5, 0.6) is 0 Å². The van der Waals surface area contributed by atoms with Gasteiger partial charge >= 0.3 is 0 Å². The number of carbonyl (C=O) groups excluding carboxylic acids is 2. The molecule has 1 fully saturated rings. The summed E-state index contributed by atoms with van der Waals surface area (Å²) in [5.41, 5.74) is 0.576. The van der Waals surface area contributed by atoms with Crippen molar-refractivity contribution in [2.75, 3.05) is 17.1 Å². The summed E-state index contributed by atoms with van der Waals surface area (Å²) in [7, 11) is -3.94. The largest absolute Gasteiger partial charge is 0.352 e. The standard InChI is InChI=1S/C24H29F2N3O4S/c1-17(24(31)27-21-7-3-4-8-21)28(15-18-10-12-19(25)13-11-18)23(30)16-29(34(2,32)33)22-9-5-6-20(26)14-22/h5-6,9-14,17,21H,3-4,7-8,15-16H2,1-2H3,(H,27,31)/t17-/m0/s1. The summed E-state index contributed by atoms with van der Waals surface area (Å²) >= 11 is 0. The van der Waals surface area contributed by atoms with Gasteiger partial charge in [0.15, 0.2) is 0 Å². The Hall–Kier alpha value is -3.01. The van der Waals surface area contributed by atoms with E-state index >= 15 is 0 Å². The molecule has 3 rings (SSSR count). The molecule has 7 nitrogen and oxygen atoms in total. The molecule has 0 unspecified atom stereocenters. The topological polar surface area (TPSA) is 86.8 Å². The number of benzene rings is 2. The van der Waals surface area contributed by atoms with E-state index in [1.165, 1.54) is 47.4 Å². The molecule has 0 bridgehead atoms. The molecule has 1 aliphatic rings. The number of carbonyl (C=O) groups is 2. The summed E-state index contributed by atoms with van der Waals surface area (Å²) in [5.74, 6) is -2.08. The van der Waals surface area contributed by atoms with Crippen LogP contribution in [0, 0.1) is 11.6 Å². The average Bonchev–Trinajstić information content (AvgIpc) is 3.28. The number of amides is 2. The molecule has 1 atom stereocenters. The molecule has 0 saturated heterocycles. The van der Waals surface area contributed by atoms with E-state index in [-0.39, 0.29) is 24.2 Å². The van der Waals surface area contributed by atoms with E-state index < -0.39 is 40.2 Å². The van der Waals surface area contributed by atoms with Gasteiger partial charge in [0, 0.05) is 12.6 Å². The van der Waals surface area contributed by atoms with Crippen molar-refractivity contribution in [2.24, 2.45) is 0 Å². The highest BCUT2D eigenvalue weighted by Crippen LogP contribution is 2.21. The Labute approximate surface area is 198 Å². The van der Waals surface area contributed by atoms with Crippen molar-refractivity contribution in [1.82, 2.24) is 10.2 Å². The molecule has 2 amide bonds. The first-order valence-corrected chi connectivity index (χ1v) is 13.0. The molecular weight excluding hydrogens is 464 g/mol. The van der Waals surface area contributed by atoms with Gasteiger partial charge in [-0.3, -0.25) is 13.9 Å². The smallest absolute Gasteiger partial charge is 0.244 e. The van der Waals surface area contributed by atoms with Gasteiger partial charge in [0.05, 0.1) is 11.9 Å². The highest BCUT2D eigenvalue weighted by atomic mass is 32.2. The third-order valence-corrected chi connectivity index (χ3v) is 7.05. The monoisotopic (exact) mass is 493 g/mol. The fourth-order valence-electron chi connectivity index (χ4n) is 4.01. The number of nitrogens with one attached hydrogen (secondary N) is 1. The molecular formula is C24H29F2N3O4S. The molecule has 0 aromatic heterocycles. The normalized spacial score (nSPS) is 15.1. The summed E-state index contributed by atoms with van der Waals surface area (Å²) in [6, 6.07) is 9.55. The average molecular weight is 494 g/mol. The van der Waals surface area contributed by atoms with Gasteiger partial charge in [0.1, 0.15) is 24.2 Å². The van der Waals surface area contributed by atoms with E-state index in [0.29, 0.717) is 5.56 Å². The molecule has 0 heterocycles. The molecule has 0 radical (unpaired) electrons. The molecule has 1 aliphatic carbocycles. The Balaban J connectivity index is 1.87. The summed E-state index contributed by atoms with van der Waals surface area (Å²) in [6.07, 6.45) is 4.70. The quantitative estimate of drug-likeness (QED) is 0.581. The second-order valence-corrected chi connectivity index (χ2v) is 10.5. The van der Waals surface area contributed by atoms with Crippen LogP contribution in [0.2, 0.25) is 0 Å². The molecule has 0 aliphatic heterocycles. The first kappa shape index (κ1) is 25.6. The van der Waals surface area contributed by atoms with Crippen LogP contribution in [0.25, 0.3) is 0 Å². The molecule has 1 N–H and O–H groups in total. The van der Waals surface area contributed by atoms with E-state index in [1.54, 1.807) is 6.92 Å². The van der Waals surface area contributed by atoms with Crippen LogP contribution in [0.15, 0.2) is 48.5 Å². The van der Waals surface area contributed by atoms with Crippen molar-refractivity contribution < 1.29 is 26.8 Å². The Morgan fingerprint density at radius 3 is 2.29 bits per heavy atom. The number of hydrogen-bond acceptors (Lipinski definition) is 4. The molecule has 1 saturated carbocycles. The van der Waals surface area contributed by atoms with Crippen LogP contribution in [0.4, 0.5) is 14.5 Å². The van der Waals surface area contributed by atoms with Crippen molar-refractivity contribution in [3.63, 3.8) is 0 Å². The Morgan fingerprint density at radius 2 is 1.71 bits per heavy atom. The minimum atomic E-state index is -3.94. The van der Waals surface area contributed by atoms with Crippen LogP contribution in [-0.2, 0) is 26.2 Å². The van der Waals surface area contributed by atoms with E-state index in [2.05, 4.69) is 5.32 Å². The maximum atomic E-state index is 13.8. The van der Waals surface area contributed by atoms with Crippen LogP contribution in [0.1, 0.15) is 38.2 Å². The molecule has 184 valence electrons. The van der Waals surface area contributed by atoms with Gasteiger partial charge in [-0.25, -0.2) is 17.2 Å². The number of hydrogen-bond donors (Lipinski definition) is 1. The number of anilines is 1. The minimum absolute atomic E-state index is 0.000595. The van der Waals surface area contributed by atoms with Gasteiger partial charge in [0.2, 0.25) is 21.8 Å². The van der Waals surface area contributed by atoms with Gasteiger partial charge in [0.25, 0.3) is 0 Å². The molecule has 10 heteroatoms. The fraction of sp³-hybridized carbons (Fsp3) is 0.417. The maximum Gasteiger partial charge on any atom is 0.244 e. The summed E-state index contributed by atoms with van der Waals surface area (Å²) in [4.78, 5) is 27.6. The first-order chi connectivity index (χ1) is 16.0. The minimum Gasteiger partial charge on any atom is -0.352 e. The Bertz CT molecular complexity index is 1120. The highest BCUT2D eigenvalue weighted by molar-refractivity contribution is 7.92. The number of halogens is 2. The van der Waals surface area contributed by atoms with Gasteiger partial charge < -0.3 is 10.2 Å². The van der Waals surface area contributed by atoms with Gasteiger partial charge in [-0.2, -0.15) is 0 Å². The lowest BCUT2D eigenvalue weighted by Gasteiger charge is -2.32. The van der Waals surface area contributed by atoms with Crippen LogP contribution < -0.4 is 9.62 Å². The van der Waals surface area contributed by atoms with Crippen molar-refractivity contribution >= 4 is 27.5 Å². The Kier molecular flexibility index (Phi) is 8.24. The number of rotatable bonds is 9. The SMILES string of the molecule is C[C@@H](C(=O)NC1CCCC1)N(Cc1ccc(F)cc1)C(=O)CN(c1cccc(F)c1)S(C)(=O)=O. The summed E-state index contributed by atoms with van der Waals surface area (Å²) in [5, 5.41) is 2.96. The lowest BCUT2D eigenvalue weighted by atomic mass is 10.1. The van der Waals surface area contributed by atoms with Gasteiger partial charge in [-0.1, -0.05) is 31.0 Å². The Morgan fingerprint density at radius 1 is 1.06 bits per heavy atom. The zero-order valence-corrected chi connectivity index (χ0v) is 20.0. The lowest BCUT2D eigenvalue weighted by Crippen LogP contribution is -2.52. The van der Waals surface area contributed by atoms with Crippen molar-refractivity contribution in [1.29, 1.82) is 0 Å². The van der Waals surface area contributed by atoms with E-state index in [1.807, 2.05) is 0 Å². The number of nitrogens with zero attached hydrogens (tertiary/aromatic N) is 2. The van der Waals surface area contributed by atoms with Crippen molar-refractivity contribution in [3.8, 4) is 0 Å². The van der Waals surface area contributed by atoms with Crippen LogP contribution >= 0.6 is 0 Å². The van der Waals surface area contributed by atoms with Crippen molar-refractivity contribution in [3.05, 3.63) is 65.7 Å². The number of sulfonamides is 1. The molecule has 2 aromatic rings. The predicted octanol–water partition coefficient (Wildman–Crippen LogP) is 3.21. The van der Waals surface area contributed by atoms with E-state index in [9.17, 15) is 26.8 Å². The summed E-state index contributed by atoms with van der Waals surface area (Å²) < 4.78 is 52.8. The predicted molar refractivity (Wildman–Crippen MR) is 125 cm³/mol.